The first kappa shape index (κ1) is 14.7. The Hall–Kier alpha value is -1.71. The van der Waals surface area contributed by atoms with Gasteiger partial charge in [-0.15, -0.1) is 0 Å². The lowest BCUT2D eigenvalue weighted by molar-refractivity contribution is -0.132. The summed E-state index contributed by atoms with van der Waals surface area (Å²) in [6, 6.07) is 4.29. The highest BCUT2D eigenvalue weighted by atomic mass is 16.5. The van der Waals surface area contributed by atoms with Crippen LogP contribution in [0.3, 0.4) is 0 Å². The van der Waals surface area contributed by atoms with Crippen molar-refractivity contribution in [1.29, 1.82) is 0 Å². The lowest BCUT2D eigenvalue weighted by atomic mass is 9.99. The average molecular weight is 276 g/mol. The second-order valence-corrected chi connectivity index (χ2v) is 5.93. The number of benzene rings is 1. The molecule has 2 N–H and O–H groups in total. The number of amides is 1. The van der Waals surface area contributed by atoms with Crippen LogP contribution in [-0.4, -0.2) is 30.5 Å². The van der Waals surface area contributed by atoms with E-state index in [9.17, 15) is 4.79 Å². The van der Waals surface area contributed by atoms with Crippen LogP contribution in [0.25, 0.3) is 0 Å². The molecule has 0 aliphatic heterocycles. The van der Waals surface area contributed by atoms with Crippen LogP contribution in [0, 0.1) is 6.92 Å². The lowest BCUT2D eigenvalue weighted by Crippen LogP contribution is -2.33. The Balaban J connectivity index is 2.08. The minimum atomic E-state index is 0.0386. The fourth-order valence-corrected chi connectivity index (χ4v) is 2.20. The van der Waals surface area contributed by atoms with E-state index in [-0.39, 0.29) is 12.5 Å². The molecule has 0 bridgehead atoms. The molecule has 0 heterocycles. The van der Waals surface area contributed by atoms with Crippen molar-refractivity contribution in [2.75, 3.05) is 19.4 Å². The van der Waals surface area contributed by atoms with Crippen LogP contribution >= 0.6 is 0 Å². The first-order valence-corrected chi connectivity index (χ1v) is 7.18. The second kappa shape index (κ2) is 5.73. The van der Waals surface area contributed by atoms with Gasteiger partial charge in [-0.25, -0.2) is 0 Å². The van der Waals surface area contributed by atoms with Crippen LogP contribution in [0.4, 0.5) is 5.69 Å². The van der Waals surface area contributed by atoms with Gasteiger partial charge in [-0.3, -0.25) is 4.79 Å². The number of hydrogen-bond acceptors (Lipinski definition) is 3. The van der Waals surface area contributed by atoms with Crippen molar-refractivity contribution in [3.8, 4) is 5.75 Å². The van der Waals surface area contributed by atoms with Crippen molar-refractivity contribution in [1.82, 2.24) is 4.90 Å². The van der Waals surface area contributed by atoms with Crippen LogP contribution in [0.1, 0.15) is 43.7 Å². The second-order valence-electron chi connectivity index (χ2n) is 5.93. The maximum Gasteiger partial charge on any atom is 0.260 e. The molecule has 0 spiro atoms. The molecule has 1 fully saturated rings. The number of ether oxygens (including phenoxy) is 1. The molecule has 4 heteroatoms. The minimum Gasteiger partial charge on any atom is -0.483 e. The zero-order valence-electron chi connectivity index (χ0n) is 12.8. The number of likely N-dealkylation sites (N-methyl/N-ethyl adjacent to an activating group) is 1. The van der Waals surface area contributed by atoms with E-state index in [1.54, 1.807) is 4.90 Å². The Morgan fingerprint density at radius 3 is 2.65 bits per heavy atom. The van der Waals surface area contributed by atoms with Gasteiger partial charge in [-0.1, -0.05) is 13.8 Å². The third kappa shape index (κ3) is 3.24. The summed E-state index contributed by atoms with van der Waals surface area (Å²) in [5, 5.41) is 0. The minimum absolute atomic E-state index is 0.0386. The monoisotopic (exact) mass is 276 g/mol. The molecule has 20 heavy (non-hydrogen) atoms. The van der Waals surface area contributed by atoms with Crippen LogP contribution in [0.15, 0.2) is 12.1 Å². The summed E-state index contributed by atoms with van der Waals surface area (Å²) in [4.78, 5) is 13.8. The summed E-state index contributed by atoms with van der Waals surface area (Å²) in [6.07, 6.45) is 2.22. The normalized spacial score (nSPS) is 14.4. The smallest absolute Gasteiger partial charge is 0.260 e. The number of nitrogen functional groups attached to an aromatic ring is 1. The van der Waals surface area contributed by atoms with Crippen molar-refractivity contribution in [2.24, 2.45) is 0 Å². The van der Waals surface area contributed by atoms with Gasteiger partial charge in [0, 0.05) is 18.8 Å². The van der Waals surface area contributed by atoms with Crippen molar-refractivity contribution in [3.63, 3.8) is 0 Å². The van der Waals surface area contributed by atoms with Crippen molar-refractivity contribution < 1.29 is 9.53 Å². The van der Waals surface area contributed by atoms with Gasteiger partial charge in [0.05, 0.1) is 0 Å². The van der Waals surface area contributed by atoms with Crippen molar-refractivity contribution >= 4 is 11.6 Å². The van der Waals surface area contributed by atoms with Gasteiger partial charge in [0.15, 0.2) is 6.61 Å². The Morgan fingerprint density at radius 2 is 2.10 bits per heavy atom. The molecule has 0 unspecified atom stereocenters. The van der Waals surface area contributed by atoms with Gasteiger partial charge in [-0.05, 0) is 48.9 Å². The first-order chi connectivity index (χ1) is 9.40. The molecule has 110 valence electrons. The number of carbonyl (C=O) groups excluding carboxylic acids is 1. The van der Waals surface area contributed by atoms with E-state index < -0.39 is 0 Å². The summed E-state index contributed by atoms with van der Waals surface area (Å²) in [7, 11) is 1.85. The molecule has 1 aromatic carbocycles. The molecule has 0 atom stereocenters. The molecular weight excluding hydrogens is 252 g/mol. The number of nitrogens with zero attached hydrogens (tertiary/aromatic N) is 1. The number of hydrogen-bond donors (Lipinski definition) is 1. The van der Waals surface area contributed by atoms with E-state index in [4.69, 9.17) is 10.5 Å². The molecule has 1 saturated carbocycles. The summed E-state index contributed by atoms with van der Waals surface area (Å²) in [5.41, 5.74) is 8.74. The zero-order valence-corrected chi connectivity index (χ0v) is 12.8. The molecule has 4 nitrogen and oxygen atoms in total. The topological polar surface area (TPSA) is 55.6 Å². The highest BCUT2D eigenvalue weighted by Crippen LogP contribution is 2.31. The molecule has 0 saturated heterocycles. The third-order valence-electron chi connectivity index (χ3n) is 3.86. The van der Waals surface area contributed by atoms with Gasteiger partial charge >= 0.3 is 0 Å². The zero-order chi connectivity index (χ0) is 14.9. The Morgan fingerprint density at radius 1 is 1.45 bits per heavy atom. The number of nitrogens with two attached hydrogens (primary N) is 1. The number of carbonyl (C=O) groups is 1. The van der Waals surface area contributed by atoms with Crippen LogP contribution < -0.4 is 10.5 Å². The van der Waals surface area contributed by atoms with E-state index in [0.717, 1.165) is 35.4 Å². The fraction of sp³-hybridized carbons (Fsp3) is 0.562. The Labute approximate surface area is 120 Å². The highest BCUT2D eigenvalue weighted by molar-refractivity contribution is 5.78. The van der Waals surface area contributed by atoms with E-state index >= 15 is 0 Å². The van der Waals surface area contributed by atoms with Gasteiger partial charge in [-0.2, -0.15) is 0 Å². The van der Waals surface area contributed by atoms with Crippen molar-refractivity contribution in [3.05, 3.63) is 23.3 Å². The predicted molar refractivity (Wildman–Crippen MR) is 81.0 cm³/mol. The third-order valence-corrected chi connectivity index (χ3v) is 3.86. The van der Waals surface area contributed by atoms with Crippen LogP contribution in [0.5, 0.6) is 5.75 Å². The van der Waals surface area contributed by atoms with Gasteiger partial charge in [0.25, 0.3) is 5.91 Å². The van der Waals surface area contributed by atoms with Crippen LogP contribution in [-0.2, 0) is 4.79 Å². The lowest BCUT2D eigenvalue weighted by Gasteiger charge is -2.19. The highest BCUT2D eigenvalue weighted by Gasteiger charge is 2.29. The van der Waals surface area contributed by atoms with E-state index in [0.29, 0.717) is 12.0 Å². The Bertz CT molecular complexity index is 507. The largest absolute Gasteiger partial charge is 0.483 e. The molecule has 1 aliphatic rings. The van der Waals surface area contributed by atoms with Gasteiger partial charge in [0.1, 0.15) is 5.75 Å². The number of aryl methyl sites for hydroxylation is 1. The SMILES string of the molecule is Cc1cc(OCC(=O)N(C)C2CC2)c(C(C)C)cc1N. The summed E-state index contributed by atoms with van der Waals surface area (Å²) < 4.78 is 5.75. The number of rotatable bonds is 5. The summed E-state index contributed by atoms with van der Waals surface area (Å²) in [5.74, 6) is 1.12. The standard InChI is InChI=1S/C16H24N2O2/c1-10(2)13-8-14(17)11(3)7-15(13)20-9-16(19)18(4)12-5-6-12/h7-8,10,12H,5-6,9,17H2,1-4H3. The average Bonchev–Trinajstić information content (AvgIpc) is 3.22. The quantitative estimate of drug-likeness (QED) is 0.841. The number of anilines is 1. The molecule has 0 aromatic heterocycles. The van der Waals surface area contributed by atoms with E-state index in [1.165, 1.54) is 0 Å². The van der Waals surface area contributed by atoms with Crippen molar-refractivity contribution in [2.45, 2.75) is 45.6 Å². The van der Waals surface area contributed by atoms with Crippen LogP contribution in [0.2, 0.25) is 0 Å². The Kier molecular flexibility index (Phi) is 4.21. The molecular formula is C16H24N2O2. The van der Waals surface area contributed by atoms with Gasteiger partial charge in [0.2, 0.25) is 0 Å². The molecule has 1 aliphatic carbocycles. The van der Waals surface area contributed by atoms with E-state index in [1.807, 2.05) is 26.1 Å². The fourth-order valence-electron chi connectivity index (χ4n) is 2.20. The maximum atomic E-state index is 12.0. The molecule has 2 rings (SSSR count). The summed E-state index contributed by atoms with van der Waals surface area (Å²) >= 11 is 0. The molecule has 1 aromatic rings. The van der Waals surface area contributed by atoms with E-state index in [2.05, 4.69) is 13.8 Å². The summed E-state index contributed by atoms with van der Waals surface area (Å²) in [6.45, 7) is 6.23. The molecule has 1 amide bonds. The first-order valence-electron chi connectivity index (χ1n) is 7.18. The predicted octanol–water partition coefficient (Wildman–Crippen LogP) is 2.70. The molecule has 0 radical (unpaired) electrons. The maximum absolute atomic E-state index is 12.0. The van der Waals surface area contributed by atoms with Gasteiger partial charge < -0.3 is 15.4 Å².